The van der Waals surface area contributed by atoms with E-state index in [2.05, 4.69) is 4.98 Å². The van der Waals surface area contributed by atoms with E-state index in [0.29, 0.717) is 29.3 Å². The molecule has 0 fully saturated rings. The highest BCUT2D eigenvalue weighted by Gasteiger charge is 2.20. The monoisotopic (exact) mass is 374 g/mol. The average Bonchev–Trinajstić information content (AvgIpc) is 3.40. The molecule has 4 aromatic rings. The molecule has 2 aromatic heterocycles. The van der Waals surface area contributed by atoms with Gasteiger partial charge in [-0.25, -0.2) is 4.98 Å². The third kappa shape index (κ3) is 3.68. The van der Waals surface area contributed by atoms with Crippen LogP contribution in [0.25, 0.3) is 22.8 Å². The second-order valence-corrected chi connectivity index (χ2v) is 7.21. The topological polar surface area (TPSA) is 46.3 Å². The number of carbonyl (C=O) groups is 1. The lowest BCUT2D eigenvalue weighted by molar-refractivity contribution is 0.0787. The Morgan fingerprint density at radius 1 is 1.04 bits per heavy atom. The van der Waals surface area contributed by atoms with Crippen molar-refractivity contribution in [1.82, 2.24) is 9.88 Å². The Morgan fingerprint density at radius 2 is 1.81 bits per heavy atom. The fourth-order valence-electron chi connectivity index (χ4n) is 2.90. The number of rotatable bonds is 5. The van der Waals surface area contributed by atoms with Crippen molar-refractivity contribution in [3.8, 4) is 22.8 Å². The van der Waals surface area contributed by atoms with Crippen LogP contribution in [0.5, 0.6) is 0 Å². The highest BCUT2D eigenvalue weighted by Crippen LogP contribution is 2.29. The van der Waals surface area contributed by atoms with Crippen molar-refractivity contribution >= 4 is 17.2 Å². The summed E-state index contributed by atoms with van der Waals surface area (Å²) in [5, 5.41) is 2.01. The fraction of sp³-hybridized carbons (Fsp3) is 0.0909. The molecule has 0 spiro atoms. The summed E-state index contributed by atoms with van der Waals surface area (Å²) in [6.45, 7) is 0.575. The molecule has 0 bridgehead atoms. The van der Waals surface area contributed by atoms with Crippen LogP contribution in [0.1, 0.15) is 15.2 Å². The van der Waals surface area contributed by atoms with E-state index in [4.69, 9.17) is 4.42 Å². The first-order chi connectivity index (χ1) is 13.2. The molecule has 0 aliphatic rings. The van der Waals surface area contributed by atoms with E-state index in [1.54, 1.807) is 22.4 Å². The Bertz CT molecular complexity index is 1040. The number of nitrogens with zero attached hydrogens (tertiary/aromatic N) is 2. The van der Waals surface area contributed by atoms with E-state index in [0.717, 1.165) is 10.4 Å². The van der Waals surface area contributed by atoms with Gasteiger partial charge in [-0.2, -0.15) is 0 Å². The van der Waals surface area contributed by atoms with Crippen molar-refractivity contribution in [2.24, 2.45) is 0 Å². The predicted molar refractivity (Wildman–Crippen MR) is 107 cm³/mol. The molecule has 0 saturated carbocycles. The lowest BCUT2D eigenvalue weighted by Gasteiger charge is -2.17. The van der Waals surface area contributed by atoms with Gasteiger partial charge in [-0.15, -0.1) is 11.3 Å². The number of amides is 1. The van der Waals surface area contributed by atoms with E-state index < -0.39 is 0 Å². The molecule has 1 amide bonds. The van der Waals surface area contributed by atoms with Crippen molar-refractivity contribution in [2.45, 2.75) is 6.54 Å². The lowest BCUT2D eigenvalue weighted by atomic mass is 10.1. The van der Waals surface area contributed by atoms with Gasteiger partial charge in [-0.1, -0.05) is 48.5 Å². The van der Waals surface area contributed by atoms with Gasteiger partial charge < -0.3 is 9.32 Å². The molecule has 0 unspecified atom stereocenters. The number of carbonyl (C=O) groups excluding carboxylic acids is 1. The van der Waals surface area contributed by atoms with Crippen molar-refractivity contribution < 1.29 is 9.21 Å². The zero-order chi connectivity index (χ0) is 18.6. The van der Waals surface area contributed by atoms with Crippen LogP contribution in [0, 0.1) is 0 Å². The van der Waals surface area contributed by atoms with Gasteiger partial charge in [0.1, 0.15) is 0 Å². The largest absolute Gasteiger partial charge is 0.436 e. The molecule has 0 atom stereocenters. The highest BCUT2D eigenvalue weighted by molar-refractivity contribution is 7.09. The Hall–Kier alpha value is -3.18. The number of benzene rings is 2. The molecular weight excluding hydrogens is 356 g/mol. The average molecular weight is 374 g/mol. The molecule has 0 N–H and O–H groups in total. The zero-order valence-corrected chi connectivity index (χ0v) is 15.6. The number of oxazole rings is 1. The Kier molecular flexibility index (Phi) is 4.85. The normalized spacial score (nSPS) is 10.7. The van der Waals surface area contributed by atoms with Gasteiger partial charge in [0.15, 0.2) is 5.76 Å². The number of hydrogen-bond acceptors (Lipinski definition) is 4. The standard InChI is InChI=1S/C22H18N2O2S/c1-24(15-17-10-7-13-27-17)22(25)19-12-6-5-11-18(19)21-23-14-20(26-21)16-8-3-2-4-9-16/h2-14H,15H2,1H3. The zero-order valence-electron chi connectivity index (χ0n) is 14.8. The van der Waals surface area contributed by atoms with Crippen molar-refractivity contribution in [2.75, 3.05) is 7.05 Å². The van der Waals surface area contributed by atoms with Gasteiger partial charge in [0, 0.05) is 23.1 Å². The number of aromatic nitrogens is 1. The molecule has 134 valence electrons. The van der Waals surface area contributed by atoms with Crippen LogP contribution in [0.15, 0.2) is 82.7 Å². The van der Waals surface area contributed by atoms with E-state index >= 15 is 0 Å². The summed E-state index contributed by atoms with van der Waals surface area (Å²) >= 11 is 1.64. The van der Waals surface area contributed by atoms with Crippen LogP contribution in [0.4, 0.5) is 0 Å². The van der Waals surface area contributed by atoms with Crippen LogP contribution in [-0.2, 0) is 6.54 Å². The summed E-state index contributed by atoms with van der Waals surface area (Å²) in [5.74, 6) is 1.07. The second kappa shape index (κ2) is 7.60. The van der Waals surface area contributed by atoms with Crippen LogP contribution in [-0.4, -0.2) is 22.8 Å². The summed E-state index contributed by atoms with van der Waals surface area (Å²) in [7, 11) is 1.81. The molecule has 2 heterocycles. The molecular formula is C22H18N2O2S. The maximum atomic E-state index is 13.0. The molecule has 0 radical (unpaired) electrons. The minimum absolute atomic E-state index is 0.0570. The van der Waals surface area contributed by atoms with Crippen molar-refractivity contribution in [3.05, 3.63) is 88.7 Å². The van der Waals surface area contributed by atoms with E-state index in [9.17, 15) is 4.79 Å². The maximum absolute atomic E-state index is 13.0. The predicted octanol–water partition coefficient (Wildman–Crippen LogP) is 5.34. The fourth-order valence-corrected chi connectivity index (χ4v) is 3.66. The minimum Gasteiger partial charge on any atom is -0.436 e. The molecule has 4 rings (SSSR count). The van der Waals surface area contributed by atoms with Gasteiger partial charge >= 0.3 is 0 Å². The first-order valence-corrected chi connectivity index (χ1v) is 9.49. The lowest BCUT2D eigenvalue weighted by Crippen LogP contribution is -2.26. The van der Waals surface area contributed by atoms with E-state index in [1.807, 2.05) is 79.2 Å². The van der Waals surface area contributed by atoms with Crippen molar-refractivity contribution in [3.63, 3.8) is 0 Å². The van der Waals surface area contributed by atoms with Crippen LogP contribution in [0.2, 0.25) is 0 Å². The SMILES string of the molecule is CN(Cc1cccs1)C(=O)c1ccccc1-c1ncc(-c2ccccc2)o1. The van der Waals surface area contributed by atoms with Crippen LogP contribution >= 0.6 is 11.3 Å². The van der Waals surface area contributed by atoms with Gasteiger partial charge in [-0.3, -0.25) is 4.79 Å². The molecule has 0 aliphatic heterocycles. The minimum atomic E-state index is -0.0570. The Morgan fingerprint density at radius 3 is 2.59 bits per heavy atom. The summed E-state index contributed by atoms with van der Waals surface area (Å²) in [4.78, 5) is 20.3. The summed E-state index contributed by atoms with van der Waals surface area (Å²) in [6.07, 6.45) is 1.70. The van der Waals surface area contributed by atoms with Gasteiger partial charge in [-0.05, 0) is 23.6 Å². The van der Waals surface area contributed by atoms with Crippen molar-refractivity contribution in [1.29, 1.82) is 0 Å². The highest BCUT2D eigenvalue weighted by atomic mass is 32.1. The summed E-state index contributed by atoms with van der Waals surface area (Å²) in [6, 6.07) is 21.2. The van der Waals surface area contributed by atoms with Crippen LogP contribution in [0.3, 0.4) is 0 Å². The Labute approximate surface area is 161 Å². The van der Waals surface area contributed by atoms with Gasteiger partial charge in [0.05, 0.1) is 18.3 Å². The molecule has 27 heavy (non-hydrogen) atoms. The first kappa shape index (κ1) is 17.2. The third-order valence-electron chi connectivity index (χ3n) is 4.27. The summed E-state index contributed by atoms with van der Waals surface area (Å²) in [5.41, 5.74) is 2.23. The molecule has 0 saturated heterocycles. The summed E-state index contributed by atoms with van der Waals surface area (Å²) < 4.78 is 5.95. The molecule has 2 aromatic carbocycles. The Balaban J connectivity index is 1.63. The molecule has 5 heteroatoms. The maximum Gasteiger partial charge on any atom is 0.254 e. The smallest absolute Gasteiger partial charge is 0.254 e. The number of hydrogen-bond donors (Lipinski definition) is 0. The van der Waals surface area contributed by atoms with Gasteiger partial charge in [0.2, 0.25) is 5.89 Å². The molecule has 4 nitrogen and oxygen atoms in total. The van der Waals surface area contributed by atoms with E-state index in [1.165, 1.54) is 0 Å². The van der Waals surface area contributed by atoms with Gasteiger partial charge in [0.25, 0.3) is 5.91 Å². The van der Waals surface area contributed by atoms with E-state index in [-0.39, 0.29) is 5.91 Å². The quantitative estimate of drug-likeness (QED) is 0.473. The first-order valence-electron chi connectivity index (χ1n) is 8.61. The number of thiophene rings is 1. The third-order valence-corrected chi connectivity index (χ3v) is 5.13. The van der Waals surface area contributed by atoms with Crippen LogP contribution < -0.4 is 0 Å². The second-order valence-electron chi connectivity index (χ2n) is 6.18. The molecule has 0 aliphatic carbocycles.